The smallest absolute Gasteiger partial charge is 0.353 e. The number of benzene rings is 1. The molecule has 2 aliphatic heterocycles. The average molecular weight is 541 g/mol. The first-order chi connectivity index (χ1) is 19.4. The van der Waals surface area contributed by atoms with Gasteiger partial charge in [0.1, 0.15) is 0 Å². The zero-order chi connectivity index (χ0) is 27.8. The van der Waals surface area contributed by atoms with Crippen LogP contribution >= 0.6 is 0 Å². The molecule has 0 radical (unpaired) electrons. The van der Waals surface area contributed by atoms with Crippen LogP contribution in [0, 0.1) is 13.8 Å². The van der Waals surface area contributed by atoms with E-state index < -0.39 is 0 Å². The highest BCUT2D eigenvalue weighted by atomic mass is 16.2. The largest absolute Gasteiger partial charge is 0.369 e. The summed E-state index contributed by atoms with van der Waals surface area (Å²) in [7, 11) is 2.26. The zero-order valence-electron chi connectivity index (χ0n) is 23.9. The van der Waals surface area contributed by atoms with Gasteiger partial charge in [-0.1, -0.05) is 43.2 Å². The van der Waals surface area contributed by atoms with Crippen molar-refractivity contribution in [1.29, 1.82) is 0 Å². The summed E-state index contributed by atoms with van der Waals surface area (Å²) in [5.41, 5.74) is 11.9. The normalized spacial score (nSPS) is 20.8. The van der Waals surface area contributed by atoms with E-state index in [4.69, 9.17) is 15.8 Å². The summed E-state index contributed by atoms with van der Waals surface area (Å²) in [6.07, 6.45) is 7.50. The Kier molecular flexibility index (Phi) is 7.42. The summed E-state index contributed by atoms with van der Waals surface area (Å²) in [5, 5.41) is 4.93. The molecule has 0 saturated carbocycles. The molecule has 210 valence electrons. The number of aryl methyl sites for hydroxylation is 2. The molecule has 0 amide bonds. The van der Waals surface area contributed by atoms with Crippen LogP contribution in [0.15, 0.2) is 47.3 Å². The molecule has 0 spiro atoms. The number of rotatable bonds is 6. The molecular formula is C31H40N8O. The maximum Gasteiger partial charge on any atom is 0.353 e. The van der Waals surface area contributed by atoms with E-state index in [1.54, 1.807) is 4.68 Å². The lowest BCUT2D eigenvalue weighted by Gasteiger charge is -2.37. The van der Waals surface area contributed by atoms with Gasteiger partial charge in [0.05, 0.1) is 17.8 Å². The van der Waals surface area contributed by atoms with Crippen molar-refractivity contribution in [2.75, 3.05) is 32.4 Å². The lowest BCUT2D eigenvalue weighted by Crippen LogP contribution is -2.49. The Balaban J connectivity index is 1.42. The lowest BCUT2D eigenvalue weighted by molar-refractivity contribution is 0.112. The molecular weight excluding hydrogens is 500 g/mol. The number of nitrogens with two attached hydrogens (primary N) is 1. The third-order valence-corrected chi connectivity index (χ3v) is 8.71. The Morgan fingerprint density at radius 2 is 1.62 bits per heavy atom. The summed E-state index contributed by atoms with van der Waals surface area (Å²) < 4.78 is 3.06. The highest BCUT2D eigenvalue weighted by Gasteiger charge is 2.34. The molecule has 2 saturated heterocycles. The summed E-state index contributed by atoms with van der Waals surface area (Å²) >= 11 is 0. The number of likely N-dealkylation sites (N-methyl/N-ethyl adjacent to an activating group) is 1. The fraction of sp³-hybridized carbons (Fsp3) is 0.484. The Hall–Kier alpha value is -3.56. The van der Waals surface area contributed by atoms with Crippen LogP contribution in [0.2, 0.25) is 0 Å². The standard InChI is InChI=1S/C31H40N8O/c1-21-19-24(20-22(2)33-21)27-28(23-11-6-4-7-12-23)34-30(32)39-29(27)35-38(31(39)40)18-17-37-16-9-5-8-13-26(37)25-14-10-15-36(25)3/h4,6-7,11-12,19-20,25-26H,5,8-10,13-18H2,1-3H3,(H2,32,34). The van der Waals surface area contributed by atoms with Crippen molar-refractivity contribution in [1.82, 2.24) is 33.9 Å². The van der Waals surface area contributed by atoms with E-state index in [-0.39, 0.29) is 11.6 Å². The summed E-state index contributed by atoms with van der Waals surface area (Å²) in [4.78, 5) is 28.2. The van der Waals surface area contributed by atoms with Crippen LogP contribution < -0.4 is 11.4 Å². The number of hydrogen-bond donors (Lipinski definition) is 1. The summed E-state index contributed by atoms with van der Waals surface area (Å²) in [6, 6.07) is 15.1. The molecule has 3 aromatic heterocycles. The van der Waals surface area contributed by atoms with Crippen LogP contribution in [0.5, 0.6) is 0 Å². The van der Waals surface area contributed by atoms with Crippen molar-refractivity contribution in [3.05, 3.63) is 64.3 Å². The Morgan fingerprint density at radius 3 is 2.35 bits per heavy atom. The van der Waals surface area contributed by atoms with Gasteiger partial charge in [-0.25, -0.2) is 18.9 Å². The number of pyridine rings is 1. The first kappa shape index (κ1) is 26.7. The number of nitrogen functional groups attached to an aromatic ring is 1. The monoisotopic (exact) mass is 540 g/mol. The number of likely N-dealkylation sites (tertiary alicyclic amines) is 2. The van der Waals surface area contributed by atoms with E-state index in [1.165, 1.54) is 49.5 Å². The van der Waals surface area contributed by atoms with Crippen molar-refractivity contribution < 1.29 is 0 Å². The van der Waals surface area contributed by atoms with Crippen molar-refractivity contribution >= 4 is 11.6 Å². The van der Waals surface area contributed by atoms with Gasteiger partial charge in [0.2, 0.25) is 5.95 Å². The fourth-order valence-corrected chi connectivity index (χ4v) is 6.85. The minimum absolute atomic E-state index is 0.150. The number of nitrogens with zero attached hydrogens (tertiary/aromatic N) is 7. The highest BCUT2D eigenvalue weighted by Crippen LogP contribution is 2.35. The van der Waals surface area contributed by atoms with Crippen LogP contribution in [-0.4, -0.2) is 72.7 Å². The molecule has 2 unspecified atom stereocenters. The van der Waals surface area contributed by atoms with Crippen molar-refractivity contribution in [2.24, 2.45) is 0 Å². The zero-order valence-corrected chi connectivity index (χ0v) is 23.9. The molecule has 0 aliphatic carbocycles. The van der Waals surface area contributed by atoms with E-state index in [2.05, 4.69) is 21.8 Å². The molecule has 2 atom stereocenters. The quantitative estimate of drug-likeness (QED) is 0.392. The highest BCUT2D eigenvalue weighted by molar-refractivity contribution is 5.90. The number of anilines is 1. The van der Waals surface area contributed by atoms with Gasteiger partial charge in [0.15, 0.2) is 5.65 Å². The molecule has 2 fully saturated rings. The number of fused-ring (bicyclic) bond motifs is 1. The minimum Gasteiger partial charge on any atom is -0.369 e. The molecule has 9 heteroatoms. The van der Waals surface area contributed by atoms with Gasteiger partial charge >= 0.3 is 5.69 Å². The fourth-order valence-electron chi connectivity index (χ4n) is 6.85. The van der Waals surface area contributed by atoms with Crippen molar-refractivity contribution in [3.8, 4) is 22.4 Å². The molecule has 5 heterocycles. The average Bonchev–Trinajstić information content (AvgIpc) is 3.41. The maximum absolute atomic E-state index is 13.7. The van der Waals surface area contributed by atoms with E-state index >= 15 is 0 Å². The molecule has 6 rings (SSSR count). The van der Waals surface area contributed by atoms with Gasteiger partial charge in [-0.2, -0.15) is 0 Å². The van der Waals surface area contributed by atoms with Crippen molar-refractivity contribution in [2.45, 2.75) is 71.0 Å². The van der Waals surface area contributed by atoms with E-state index in [0.29, 0.717) is 30.0 Å². The lowest BCUT2D eigenvalue weighted by atomic mass is 9.99. The number of hydrogen-bond acceptors (Lipinski definition) is 7. The minimum atomic E-state index is -0.243. The van der Waals surface area contributed by atoms with E-state index in [9.17, 15) is 4.79 Å². The van der Waals surface area contributed by atoms with Gasteiger partial charge in [-0.05, 0) is 77.4 Å². The number of aromatic nitrogens is 5. The summed E-state index contributed by atoms with van der Waals surface area (Å²) in [6.45, 7) is 7.50. The van der Waals surface area contributed by atoms with Gasteiger partial charge < -0.3 is 10.6 Å². The molecule has 40 heavy (non-hydrogen) atoms. The molecule has 9 nitrogen and oxygen atoms in total. The van der Waals surface area contributed by atoms with Gasteiger partial charge in [0, 0.05) is 35.6 Å². The second-order valence-electron chi connectivity index (χ2n) is 11.5. The predicted octanol–water partition coefficient (Wildman–Crippen LogP) is 4.16. The SMILES string of the molecule is Cc1cc(-c2c(-c3ccccc3)nc(N)n3c(=O)n(CCN4CCCCCC4C4CCCN4C)nc23)cc(C)n1. The van der Waals surface area contributed by atoms with Crippen LogP contribution in [-0.2, 0) is 6.54 Å². The van der Waals surface area contributed by atoms with Gasteiger partial charge in [-0.3, -0.25) is 9.88 Å². The van der Waals surface area contributed by atoms with E-state index in [0.717, 1.165) is 41.2 Å². The second kappa shape index (κ2) is 11.1. The van der Waals surface area contributed by atoms with Gasteiger partial charge in [0.25, 0.3) is 0 Å². The van der Waals surface area contributed by atoms with Crippen LogP contribution in [0.4, 0.5) is 5.95 Å². The molecule has 0 bridgehead atoms. The predicted molar refractivity (Wildman–Crippen MR) is 159 cm³/mol. The first-order valence-electron chi connectivity index (χ1n) is 14.6. The first-order valence-corrected chi connectivity index (χ1v) is 14.6. The van der Waals surface area contributed by atoms with Crippen LogP contribution in [0.3, 0.4) is 0 Å². The van der Waals surface area contributed by atoms with Crippen molar-refractivity contribution in [3.63, 3.8) is 0 Å². The molecule has 4 aromatic rings. The Morgan fingerprint density at radius 1 is 0.875 bits per heavy atom. The Bertz CT molecular complexity index is 1540. The molecule has 2 N–H and O–H groups in total. The maximum atomic E-state index is 13.7. The molecule has 1 aromatic carbocycles. The third-order valence-electron chi connectivity index (χ3n) is 8.71. The topological polar surface area (TPSA) is 97.6 Å². The van der Waals surface area contributed by atoms with E-state index in [1.807, 2.05) is 56.3 Å². The summed E-state index contributed by atoms with van der Waals surface area (Å²) in [5.74, 6) is 0.150. The Labute approximate surface area is 235 Å². The molecule has 2 aliphatic rings. The van der Waals surface area contributed by atoms with Crippen LogP contribution in [0.25, 0.3) is 28.0 Å². The van der Waals surface area contributed by atoms with Gasteiger partial charge in [-0.15, -0.1) is 5.10 Å². The van der Waals surface area contributed by atoms with Crippen LogP contribution in [0.1, 0.15) is 49.9 Å². The third kappa shape index (κ3) is 5.04. The second-order valence-corrected chi connectivity index (χ2v) is 11.5.